The van der Waals surface area contributed by atoms with Crippen LogP contribution < -0.4 is 11.1 Å². The topological polar surface area (TPSA) is 88.3 Å². The summed E-state index contributed by atoms with van der Waals surface area (Å²) >= 11 is 1.34. The van der Waals surface area contributed by atoms with Crippen LogP contribution in [0.3, 0.4) is 0 Å². The summed E-state index contributed by atoms with van der Waals surface area (Å²) in [7, 11) is 0. The Hall–Kier alpha value is -1.47. The first kappa shape index (κ1) is 18.6. The quantitative estimate of drug-likeness (QED) is 0.849. The predicted molar refractivity (Wildman–Crippen MR) is 92.3 cm³/mol. The number of nitrogens with one attached hydrogen (secondary N) is 1. The summed E-state index contributed by atoms with van der Waals surface area (Å²) in [6.07, 6.45) is 4.88. The van der Waals surface area contributed by atoms with Crippen LogP contribution in [0.1, 0.15) is 19.3 Å². The van der Waals surface area contributed by atoms with Crippen LogP contribution in [0.15, 0.2) is 18.3 Å². The lowest BCUT2D eigenvalue weighted by Crippen LogP contribution is -2.37. The molecule has 0 bridgehead atoms. The molecule has 0 atom stereocenters. The first-order valence-corrected chi connectivity index (χ1v) is 8.17. The summed E-state index contributed by atoms with van der Waals surface area (Å²) in [5.41, 5.74) is 6.08. The van der Waals surface area contributed by atoms with Crippen LogP contribution >= 0.6 is 24.2 Å². The van der Waals surface area contributed by atoms with Crippen molar-refractivity contribution < 1.29 is 9.59 Å². The van der Waals surface area contributed by atoms with Gasteiger partial charge in [0.2, 0.25) is 11.8 Å². The Morgan fingerprint density at radius 2 is 1.95 bits per heavy atom. The zero-order valence-electron chi connectivity index (χ0n) is 12.3. The molecule has 1 aromatic heterocycles. The third kappa shape index (κ3) is 6.11. The van der Waals surface area contributed by atoms with E-state index in [0.29, 0.717) is 17.3 Å². The van der Waals surface area contributed by atoms with Gasteiger partial charge in [0.25, 0.3) is 0 Å². The van der Waals surface area contributed by atoms with Crippen LogP contribution in [-0.2, 0) is 9.59 Å². The molecule has 0 saturated carbocycles. The maximum atomic E-state index is 11.9. The molecule has 0 aliphatic carbocycles. The lowest BCUT2D eigenvalue weighted by Gasteiger charge is -2.26. The van der Waals surface area contributed by atoms with Gasteiger partial charge in [0, 0.05) is 13.1 Å². The normalized spacial score (nSPS) is 14.1. The molecular weight excluding hydrogens is 324 g/mol. The highest BCUT2D eigenvalue weighted by Gasteiger charge is 2.16. The average Bonchev–Trinajstić information content (AvgIpc) is 2.50. The fourth-order valence-corrected chi connectivity index (χ4v) is 2.86. The third-order valence-electron chi connectivity index (χ3n) is 3.24. The summed E-state index contributed by atoms with van der Waals surface area (Å²) in [6.45, 7) is 1.70. The number of nitrogens with zero attached hydrogens (tertiary/aromatic N) is 2. The summed E-state index contributed by atoms with van der Waals surface area (Å²) in [5.74, 6) is 1.01. The minimum atomic E-state index is -0.141. The van der Waals surface area contributed by atoms with Crippen molar-refractivity contribution in [3.63, 3.8) is 0 Å². The third-order valence-corrected chi connectivity index (χ3v) is 4.15. The summed E-state index contributed by atoms with van der Waals surface area (Å²) in [4.78, 5) is 29.4. The highest BCUT2D eigenvalue weighted by Crippen LogP contribution is 2.12. The molecule has 1 aromatic rings. The molecule has 0 spiro atoms. The van der Waals surface area contributed by atoms with E-state index in [9.17, 15) is 9.59 Å². The Bertz CT molecular complexity index is 492. The molecule has 2 rings (SSSR count). The van der Waals surface area contributed by atoms with Crippen LogP contribution in [0, 0.1) is 0 Å². The zero-order valence-corrected chi connectivity index (χ0v) is 13.9. The Labute approximate surface area is 140 Å². The molecule has 2 amide bonds. The summed E-state index contributed by atoms with van der Waals surface area (Å²) in [5, 5.41) is 2.72. The molecule has 122 valence electrons. The Morgan fingerprint density at radius 1 is 1.23 bits per heavy atom. The number of carbonyl (C=O) groups is 2. The molecule has 6 nitrogen and oxygen atoms in total. The van der Waals surface area contributed by atoms with Crippen LogP contribution in [-0.4, -0.2) is 46.3 Å². The number of piperidine rings is 1. The number of pyridine rings is 1. The molecule has 0 aromatic carbocycles. The second-order valence-corrected chi connectivity index (χ2v) is 5.94. The number of likely N-dealkylation sites (tertiary alicyclic amines) is 1. The van der Waals surface area contributed by atoms with Crippen molar-refractivity contribution in [2.24, 2.45) is 0 Å². The van der Waals surface area contributed by atoms with Gasteiger partial charge in [0.05, 0.1) is 23.4 Å². The number of halogens is 1. The summed E-state index contributed by atoms with van der Waals surface area (Å²) in [6, 6.07) is 3.33. The highest BCUT2D eigenvalue weighted by atomic mass is 35.5. The maximum absolute atomic E-state index is 11.9. The number of nitrogen functional groups attached to an aromatic ring is 1. The second kappa shape index (κ2) is 9.53. The fraction of sp³-hybridized carbons (Fsp3) is 0.500. The van der Waals surface area contributed by atoms with Gasteiger partial charge < -0.3 is 16.0 Å². The van der Waals surface area contributed by atoms with E-state index in [-0.39, 0.29) is 30.0 Å². The molecule has 1 saturated heterocycles. The van der Waals surface area contributed by atoms with E-state index in [1.165, 1.54) is 24.4 Å². The number of thioether (sulfide) groups is 1. The molecule has 1 fully saturated rings. The predicted octanol–water partition coefficient (Wildman–Crippen LogP) is 1.77. The zero-order chi connectivity index (χ0) is 15.1. The van der Waals surface area contributed by atoms with Crippen molar-refractivity contribution in [2.75, 3.05) is 35.6 Å². The highest BCUT2D eigenvalue weighted by molar-refractivity contribution is 8.00. The lowest BCUT2D eigenvalue weighted by atomic mass is 10.1. The second-order valence-electron chi connectivity index (χ2n) is 4.95. The maximum Gasteiger partial charge on any atom is 0.234 e. The van der Waals surface area contributed by atoms with Crippen molar-refractivity contribution in [1.82, 2.24) is 9.88 Å². The number of nitrogens with two attached hydrogens (primary N) is 1. The van der Waals surface area contributed by atoms with Crippen molar-refractivity contribution in [2.45, 2.75) is 19.3 Å². The molecule has 0 radical (unpaired) electrons. The largest absolute Gasteiger partial charge is 0.384 e. The van der Waals surface area contributed by atoms with E-state index in [1.807, 2.05) is 4.90 Å². The number of rotatable bonds is 5. The van der Waals surface area contributed by atoms with Crippen molar-refractivity contribution in [3.8, 4) is 0 Å². The van der Waals surface area contributed by atoms with Crippen LogP contribution in [0.25, 0.3) is 0 Å². The fourth-order valence-electron chi connectivity index (χ4n) is 2.14. The van der Waals surface area contributed by atoms with Gasteiger partial charge >= 0.3 is 0 Å². The van der Waals surface area contributed by atoms with Crippen LogP contribution in [0.5, 0.6) is 0 Å². The van der Waals surface area contributed by atoms with E-state index in [4.69, 9.17) is 5.73 Å². The van der Waals surface area contributed by atoms with Crippen molar-refractivity contribution in [1.29, 1.82) is 0 Å². The Morgan fingerprint density at radius 3 is 2.59 bits per heavy atom. The molecule has 2 heterocycles. The number of carbonyl (C=O) groups excluding carboxylic acids is 2. The number of hydrogen-bond acceptors (Lipinski definition) is 5. The molecular formula is C14H21ClN4O2S. The standard InChI is InChI=1S/C14H20N4O2S.ClH/c15-12-5-4-11(8-16-12)17-13(19)9-21-10-14(20)18-6-2-1-3-7-18;/h4-5,8H,1-3,6-7,9-10H2,(H2,15,16)(H,17,19);1H. The molecule has 1 aliphatic rings. The molecule has 3 N–H and O–H groups in total. The minimum absolute atomic E-state index is 0. The smallest absolute Gasteiger partial charge is 0.234 e. The van der Waals surface area contributed by atoms with Gasteiger partial charge in [-0.2, -0.15) is 0 Å². The Kier molecular flexibility index (Phi) is 8.05. The van der Waals surface area contributed by atoms with Gasteiger partial charge in [-0.15, -0.1) is 24.2 Å². The van der Waals surface area contributed by atoms with Gasteiger partial charge in [-0.25, -0.2) is 4.98 Å². The van der Waals surface area contributed by atoms with Gasteiger partial charge in [0.1, 0.15) is 5.82 Å². The van der Waals surface area contributed by atoms with E-state index in [0.717, 1.165) is 25.9 Å². The summed E-state index contributed by atoms with van der Waals surface area (Å²) < 4.78 is 0. The number of anilines is 2. The van der Waals surface area contributed by atoms with Crippen molar-refractivity contribution >= 4 is 47.5 Å². The van der Waals surface area contributed by atoms with Crippen LogP contribution in [0.2, 0.25) is 0 Å². The van der Waals surface area contributed by atoms with E-state index in [1.54, 1.807) is 12.1 Å². The van der Waals surface area contributed by atoms with Gasteiger partial charge in [0.15, 0.2) is 0 Å². The minimum Gasteiger partial charge on any atom is -0.384 e. The van der Waals surface area contributed by atoms with Crippen LogP contribution in [0.4, 0.5) is 11.5 Å². The number of hydrogen-bond donors (Lipinski definition) is 2. The molecule has 0 unspecified atom stereocenters. The first-order chi connectivity index (χ1) is 10.1. The van der Waals surface area contributed by atoms with Gasteiger partial charge in [-0.05, 0) is 31.4 Å². The monoisotopic (exact) mass is 344 g/mol. The van der Waals surface area contributed by atoms with E-state index < -0.39 is 0 Å². The van der Waals surface area contributed by atoms with Gasteiger partial charge in [-0.3, -0.25) is 9.59 Å². The average molecular weight is 345 g/mol. The lowest BCUT2D eigenvalue weighted by molar-refractivity contribution is -0.129. The van der Waals surface area contributed by atoms with Crippen molar-refractivity contribution in [3.05, 3.63) is 18.3 Å². The van der Waals surface area contributed by atoms with E-state index >= 15 is 0 Å². The first-order valence-electron chi connectivity index (χ1n) is 7.02. The number of amides is 2. The van der Waals surface area contributed by atoms with E-state index in [2.05, 4.69) is 10.3 Å². The molecule has 8 heteroatoms. The molecule has 1 aliphatic heterocycles. The number of aromatic nitrogens is 1. The van der Waals surface area contributed by atoms with Gasteiger partial charge in [-0.1, -0.05) is 0 Å². The Balaban J connectivity index is 0.00000242. The molecule has 22 heavy (non-hydrogen) atoms. The SMILES string of the molecule is Cl.Nc1ccc(NC(=O)CSCC(=O)N2CCCCC2)cn1.